The van der Waals surface area contributed by atoms with Gasteiger partial charge in [0.1, 0.15) is 11.2 Å². The molecule has 1 aliphatic rings. The van der Waals surface area contributed by atoms with E-state index in [2.05, 4.69) is 18.7 Å². The molecule has 0 bridgehead atoms. The number of ether oxygens (including phenoxy) is 1. The van der Waals surface area contributed by atoms with Crippen molar-refractivity contribution in [3.05, 3.63) is 101 Å². The fourth-order valence-corrected chi connectivity index (χ4v) is 6.15. The molecule has 3 aromatic rings. The van der Waals surface area contributed by atoms with Crippen LogP contribution in [0.1, 0.15) is 48.9 Å². The summed E-state index contributed by atoms with van der Waals surface area (Å²) in [5.74, 6) is 1.03. The van der Waals surface area contributed by atoms with E-state index in [9.17, 15) is 9.59 Å². The summed E-state index contributed by atoms with van der Waals surface area (Å²) in [6.45, 7) is 7.54. The van der Waals surface area contributed by atoms with E-state index in [1.54, 1.807) is 12.0 Å². The number of amides is 1. The molecule has 5 nitrogen and oxygen atoms in total. The summed E-state index contributed by atoms with van der Waals surface area (Å²) in [4.78, 5) is 31.9. The lowest BCUT2D eigenvalue weighted by Crippen LogP contribution is -2.56. The van der Waals surface area contributed by atoms with Gasteiger partial charge in [-0.05, 0) is 68.0 Å². The Morgan fingerprint density at radius 1 is 1.03 bits per heavy atom. The fourth-order valence-electron chi connectivity index (χ4n) is 6.15. The Labute approximate surface area is 227 Å². The first kappa shape index (κ1) is 27.6. The fraction of sp³-hybridized carbons (Fsp3) is 0.394. The number of likely N-dealkylation sites (tertiary alicyclic amines) is 1. The SMILES string of the molecule is COc1ccc(C)c(C2(C)CCN(CCC(C(=O)N(C)C)(c3ccccc3)c3ccccc3)C(C)C2=O)c1. The van der Waals surface area contributed by atoms with Crippen LogP contribution in [-0.2, 0) is 20.4 Å². The second-order valence-electron chi connectivity index (χ2n) is 10.9. The lowest BCUT2D eigenvalue weighted by molar-refractivity contribution is -0.134. The number of hydrogen-bond donors (Lipinski definition) is 0. The number of likely N-dealkylation sites (N-methyl/N-ethyl adjacent to an activating group) is 1. The van der Waals surface area contributed by atoms with Gasteiger partial charge in [0.15, 0.2) is 5.78 Å². The topological polar surface area (TPSA) is 49.9 Å². The summed E-state index contributed by atoms with van der Waals surface area (Å²) in [5.41, 5.74) is 2.66. The van der Waals surface area contributed by atoms with Crippen LogP contribution >= 0.6 is 0 Å². The molecule has 2 atom stereocenters. The largest absolute Gasteiger partial charge is 0.497 e. The van der Waals surface area contributed by atoms with Crippen molar-refractivity contribution in [3.63, 3.8) is 0 Å². The predicted octanol–water partition coefficient (Wildman–Crippen LogP) is 5.39. The molecule has 0 saturated carbocycles. The Hall–Kier alpha value is -3.44. The number of nitrogens with zero attached hydrogens (tertiary/aromatic N) is 2. The second kappa shape index (κ2) is 11.1. The summed E-state index contributed by atoms with van der Waals surface area (Å²) in [6, 6.07) is 25.8. The molecule has 1 saturated heterocycles. The molecule has 38 heavy (non-hydrogen) atoms. The van der Waals surface area contributed by atoms with Crippen LogP contribution in [0.3, 0.4) is 0 Å². The maximum absolute atomic E-state index is 14.0. The highest BCUT2D eigenvalue weighted by atomic mass is 16.5. The molecule has 2 unspecified atom stereocenters. The van der Waals surface area contributed by atoms with Crippen LogP contribution in [-0.4, -0.2) is 61.8 Å². The molecule has 0 aliphatic carbocycles. The minimum Gasteiger partial charge on any atom is -0.497 e. The molecule has 200 valence electrons. The molecule has 0 radical (unpaired) electrons. The van der Waals surface area contributed by atoms with Gasteiger partial charge >= 0.3 is 0 Å². The zero-order chi connectivity index (χ0) is 27.5. The zero-order valence-corrected chi connectivity index (χ0v) is 23.5. The van der Waals surface area contributed by atoms with E-state index in [4.69, 9.17) is 4.74 Å². The number of ketones is 1. The third kappa shape index (κ3) is 4.88. The Kier molecular flexibility index (Phi) is 8.08. The van der Waals surface area contributed by atoms with Gasteiger partial charge in [-0.15, -0.1) is 0 Å². The number of carbonyl (C=O) groups is 2. The number of aryl methyl sites for hydroxylation is 1. The molecule has 0 spiro atoms. The highest BCUT2D eigenvalue weighted by Gasteiger charge is 2.47. The Bertz CT molecular complexity index is 1230. The molecular formula is C33H40N2O3. The molecule has 0 N–H and O–H groups in total. The number of carbonyl (C=O) groups excluding carboxylic acids is 2. The molecule has 1 fully saturated rings. The zero-order valence-electron chi connectivity index (χ0n) is 23.5. The second-order valence-corrected chi connectivity index (χ2v) is 10.9. The minimum absolute atomic E-state index is 0.0442. The van der Waals surface area contributed by atoms with Crippen molar-refractivity contribution in [2.45, 2.75) is 50.5 Å². The molecule has 1 amide bonds. The van der Waals surface area contributed by atoms with Crippen LogP contribution in [0.25, 0.3) is 0 Å². The summed E-state index contributed by atoms with van der Waals surface area (Å²) >= 11 is 0. The van der Waals surface area contributed by atoms with Crippen molar-refractivity contribution < 1.29 is 14.3 Å². The van der Waals surface area contributed by atoms with Crippen molar-refractivity contribution in [3.8, 4) is 5.75 Å². The first-order valence-corrected chi connectivity index (χ1v) is 13.4. The van der Waals surface area contributed by atoms with Crippen LogP contribution < -0.4 is 4.74 Å². The third-order valence-corrected chi connectivity index (χ3v) is 8.49. The van der Waals surface area contributed by atoms with E-state index >= 15 is 0 Å². The number of piperidine rings is 1. The number of hydrogen-bond acceptors (Lipinski definition) is 4. The predicted molar refractivity (Wildman–Crippen MR) is 153 cm³/mol. The van der Waals surface area contributed by atoms with Crippen LogP contribution in [0, 0.1) is 6.92 Å². The summed E-state index contributed by atoms with van der Waals surface area (Å²) < 4.78 is 5.47. The maximum Gasteiger partial charge on any atom is 0.237 e. The normalized spacial score (nSPS) is 20.3. The highest BCUT2D eigenvalue weighted by molar-refractivity contribution is 5.95. The molecular weight excluding hydrogens is 472 g/mol. The molecule has 4 rings (SSSR count). The van der Waals surface area contributed by atoms with E-state index in [-0.39, 0.29) is 17.7 Å². The summed E-state index contributed by atoms with van der Waals surface area (Å²) in [5, 5.41) is 0. The van der Waals surface area contributed by atoms with Gasteiger partial charge in [0.25, 0.3) is 0 Å². The molecule has 0 aromatic heterocycles. The van der Waals surface area contributed by atoms with Gasteiger partial charge in [-0.2, -0.15) is 0 Å². The Balaban J connectivity index is 1.67. The summed E-state index contributed by atoms with van der Waals surface area (Å²) in [7, 11) is 5.29. The van der Waals surface area contributed by atoms with Crippen LogP contribution in [0.2, 0.25) is 0 Å². The third-order valence-electron chi connectivity index (χ3n) is 8.49. The molecule has 5 heteroatoms. The standard InChI is InChI=1S/C33H40N2O3/c1-24-17-18-28(38-6)23-29(24)32(3)19-21-35(25(2)30(32)36)22-20-33(31(37)34(4)5,26-13-9-7-10-14-26)27-15-11-8-12-16-27/h7-18,23,25H,19-22H2,1-6H3. The lowest BCUT2D eigenvalue weighted by Gasteiger charge is -2.45. The number of rotatable bonds is 8. The van der Waals surface area contributed by atoms with Gasteiger partial charge in [-0.3, -0.25) is 14.5 Å². The van der Waals surface area contributed by atoms with Gasteiger partial charge in [0, 0.05) is 27.2 Å². The summed E-state index contributed by atoms with van der Waals surface area (Å²) in [6.07, 6.45) is 1.29. The van der Waals surface area contributed by atoms with E-state index in [0.717, 1.165) is 41.0 Å². The number of methoxy groups -OCH3 is 1. The van der Waals surface area contributed by atoms with Crippen molar-refractivity contribution in [1.29, 1.82) is 0 Å². The highest BCUT2D eigenvalue weighted by Crippen LogP contribution is 2.41. The van der Waals surface area contributed by atoms with Crippen molar-refractivity contribution >= 4 is 11.7 Å². The van der Waals surface area contributed by atoms with Crippen LogP contribution in [0.15, 0.2) is 78.9 Å². The number of Topliss-reactive ketones (excluding diaryl/α,β-unsaturated/α-hetero) is 1. The average molecular weight is 513 g/mol. The van der Waals surface area contributed by atoms with Gasteiger partial charge in [0.05, 0.1) is 18.6 Å². The first-order valence-electron chi connectivity index (χ1n) is 13.4. The lowest BCUT2D eigenvalue weighted by atomic mass is 9.68. The monoisotopic (exact) mass is 512 g/mol. The number of benzene rings is 3. The van der Waals surface area contributed by atoms with Crippen LogP contribution in [0.5, 0.6) is 5.75 Å². The molecule has 3 aromatic carbocycles. The van der Waals surface area contributed by atoms with Crippen molar-refractivity contribution in [2.24, 2.45) is 0 Å². The van der Waals surface area contributed by atoms with E-state index in [1.165, 1.54) is 0 Å². The molecule has 1 heterocycles. The van der Waals surface area contributed by atoms with E-state index in [1.807, 2.05) is 99.9 Å². The maximum atomic E-state index is 14.0. The van der Waals surface area contributed by atoms with Gasteiger partial charge < -0.3 is 9.64 Å². The Morgan fingerprint density at radius 3 is 2.13 bits per heavy atom. The average Bonchev–Trinajstić information content (AvgIpc) is 2.94. The quantitative estimate of drug-likeness (QED) is 0.406. The van der Waals surface area contributed by atoms with Gasteiger partial charge in [0.2, 0.25) is 5.91 Å². The van der Waals surface area contributed by atoms with Crippen molar-refractivity contribution in [2.75, 3.05) is 34.3 Å². The first-order chi connectivity index (χ1) is 18.1. The van der Waals surface area contributed by atoms with Crippen molar-refractivity contribution in [1.82, 2.24) is 9.80 Å². The van der Waals surface area contributed by atoms with E-state index < -0.39 is 10.8 Å². The smallest absolute Gasteiger partial charge is 0.237 e. The molecule has 1 aliphatic heterocycles. The minimum atomic E-state index is -0.848. The Morgan fingerprint density at radius 2 is 1.61 bits per heavy atom. The van der Waals surface area contributed by atoms with E-state index in [0.29, 0.717) is 13.0 Å². The van der Waals surface area contributed by atoms with Crippen LogP contribution in [0.4, 0.5) is 0 Å². The van der Waals surface area contributed by atoms with Gasteiger partial charge in [-0.25, -0.2) is 0 Å². The van der Waals surface area contributed by atoms with Gasteiger partial charge in [-0.1, -0.05) is 66.7 Å².